The van der Waals surface area contributed by atoms with Gasteiger partial charge in [-0.25, -0.2) is 5.01 Å². The third kappa shape index (κ3) is 2.32. The van der Waals surface area contributed by atoms with E-state index in [0.717, 1.165) is 26.5 Å². The molecule has 0 bridgehead atoms. The number of hydrazone groups is 1. The number of halogens is 1. The van der Waals surface area contributed by atoms with Crippen LogP contribution in [0.1, 0.15) is 34.0 Å². The van der Waals surface area contributed by atoms with Crippen molar-refractivity contribution in [1.82, 2.24) is 5.01 Å². The quantitative estimate of drug-likeness (QED) is 0.525. The van der Waals surface area contributed by atoms with Crippen molar-refractivity contribution < 1.29 is 4.74 Å². The van der Waals surface area contributed by atoms with Crippen molar-refractivity contribution in [1.29, 1.82) is 0 Å². The first-order valence-electron chi connectivity index (χ1n) is 7.70. The van der Waals surface area contributed by atoms with E-state index in [4.69, 9.17) is 9.84 Å². The van der Waals surface area contributed by atoms with E-state index >= 15 is 0 Å². The lowest BCUT2D eigenvalue weighted by Crippen LogP contribution is -2.33. The minimum atomic E-state index is -0.168. The molecule has 2 aliphatic rings. The van der Waals surface area contributed by atoms with Gasteiger partial charge in [0.05, 0.1) is 25.3 Å². The number of hydrogen-bond acceptors (Lipinski definition) is 5. The van der Waals surface area contributed by atoms with Crippen LogP contribution in [-0.2, 0) is 0 Å². The van der Waals surface area contributed by atoms with Gasteiger partial charge in [-0.1, -0.05) is 24.3 Å². The van der Waals surface area contributed by atoms with Crippen LogP contribution in [0.25, 0.3) is 0 Å². The second-order valence-electron chi connectivity index (χ2n) is 5.77. The Morgan fingerprint density at radius 2 is 2.04 bits per heavy atom. The van der Waals surface area contributed by atoms with Crippen LogP contribution in [0.3, 0.4) is 0 Å². The van der Waals surface area contributed by atoms with Crippen LogP contribution >= 0.6 is 38.6 Å². The summed E-state index contributed by atoms with van der Waals surface area (Å²) in [4.78, 5) is 2.41. The maximum Gasteiger partial charge on any atom is 0.223 e. The molecular weight excluding hydrogens is 404 g/mol. The molecule has 3 nitrogen and oxygen atoms in total. The van der Waals surface area contributed by atoms with Gasteiger partial charge in [-0.2, -0.15) is 5.10 Å². The van der Waals surface area contributed by atoms with Gasteiger partial charge in [0.15, 0.2) is 0 Å². The Morgan fingerprint density at radius 1 is 1.12 bits per heavy atom. The molecule has 2 atom stereocenters. The first-order valence-corrected chi connectivity index (χ1v) is 10.2. The number of ether oxygens (including phenoxy) is 1. The number of benzene rings is 1. The molecule has 120 valence electrons. The number of para-hydroxylation sites is 1. The fraction of sp³-hybridized carbons (Fsp3) is 0.167. The minimum Gasteiger partial charge on any atom is -0.464 e. The molecule has 0 saturated carbocycles. The summed E-state index contributed by atoms with van der Waals surface area (Å²) in [6.45, 7) is 0. The first kappa shape index (κ1) is 14.7. The molecule has 0 N–H and O–H groups in total. The fourth-order valence-electron chi connectivity index (χ4n) is 3.27. The largest absolute Gasteiger partial charge is 0.464 e. The van der Waals surface area contributed by atoms with E-state index < -0.39 is 0 Å². The van der Waals surface area contributed by atoms with Crippen LogP contribution < -0.4 is 4.74 Å². The van der Waals surface area contributed by atoms with Gasteiger partial charge < -0.3 is 4.74 Å². The van der Waals surface area contributed by atoms with Crippen molar-refractivity contribution in [2.24, 2.45) is 5.10 Å². The first-order chi connectivity index (χ1) is 11.8. The molecule has 3 aromatic rings. The third-order valence-corrected chi connectivity index (χ3v) is 6.92. The molecule has 0 spiro atoms. The highest BCUT2D eigenvalue weighted by molar-refractivity contribution is 9.11. The fourth-order valence-corrected chi connectivity index (χ4v) is 5.44. The van der Waals surface area contributed by atoms with Gasteiger partial charge in [0.2, 0.25) is 6.23 Å². The number of thiophene rings is 2. The number of nitrogens with zero attached hydrogens (tertiary/aromatic N) is 2. The van der Waals surface area contributed by atoms with Crippen LogP contribution in [0.4, 0.5) is 0 Å². The lowest BCUT2D eigenvalue weighted by molar-refractivity contribution is -0.0165. The van der Waals surface area contributed by atoms with Crippen molar-refractivity contribution in [3.63, 3.8) is 0 Å². The molecule has 1 aromatic carbocycles. The maximum atomic E-state index is 6.32. The molecule has 0 saturated heterocycles. The number of rotatable bonds is 2. The number of hydrogen-bond donors (Lipinski definition) is 0. The summed E-state index contributed by atoms with van der Waals surface area (Å²) in [7, 11) is 0. The zero-order valence-corrected chi connectivity index (χ0v) is 15.8. The molecule has 24 heavy (non-hydrogen) atoms. The van der Waals surface area contributed by atoms with Gasteiger partial charge in [-0.05, 0) is 45.6 Å². The van der Waals surface area contributed by atoms with Crippen molar-refractivity contribution in [3.8, 4) is 5.75 Å². The molecule has 4 heterocycles. The van der Waals surface area contributed by atoms with Crippen LogP contribution in [-0.4, -0.2) is 10.7 Å². The molecule has 2 aliphatic heterocycles. The van der Waals surface area contributed by atoms with Crippen molar-refractivity contribution in [3.05, 3.63) is 73.0 Å². The normalized spacial score (nSPS) is 21.9. The van der Waals surface area contributed by atoms with Gasteiger partial charge in [-0.3, -0.25) is 0 Å². The Morgan fingerprint density at radius 3 is 2.83 bits per heavy atom. The molecule has 5 rings (SSSR count). The summed E-state index contributed by atoms with van der Waals surface area (Å²) in [5.74, 6) is 0.968. The molecular formula is C18H13BrN2OS2. The smallest absolute Gasteiger partial charge is 0.223 e. The zero-order valence-electron chi connectivity index (χ0n) is 12.6. The Balaban J connectivity index is 1.61. The summed E-state index contributed by atoms with van der Waals surface area (Å²) in [6.07, 6.45) is 0.753. The second kappa shape index (κ2) is 5.72. The van der Waals surface area contributed by atoms with Gasteiger partial charge in [-0.15, -0.1) is 22.7 Å². The van der Waals surface area contributed by atoms with Gasteiger partial charge in [0, 0.05) is 12.0 Å². The second-order valence-corrected chi connectivity index (χ2v) is 9.22. The lowest BCUT2D eigenvalue weighted by Gasteiger charge is -2.37. The summed E-state index contributed by atoms with van der Waals surface area (Å²) in [5.41, 5.74) is 2.37. The van der Waals surface area contributed by atoms with Crippen LogP contribution in [0, 0.1) is 0 Å². The van der Waals surface area contributed by atoms with Gasteiger partial charge in [0.1, 0.15) is 5.75 Å². The molecule has 0 aliphatic carbocycles. The monoisotopic (exact) mass is 416 g/mol. The Labute approximate surface area is 156 Å². The summed E-state index contributed by atoms with van der Waals surface area (Å²) < 4.78 is 7.43. The Kier molecular flexibility index (Phi) is 3.50. The van der Waals surface area contributed by atoms with E-state index in [1.165, 1.54) is 10.4 Å². The Hall–Kier alpha value is -1.63. The minimum absolute atomic E-state index is 0.168. The lowest BCUT2D eigenvalue weighted by atomic mass is 9.98. The third-order valence-electron chi connectivity index (χ3n) is 4.34. The molecule has 2 aromatic heterocycles. The average Bonchev–Trinajstić information content (AvgIpc) is 3.34. The highest BCUT2D eigenvalue weighted by Crippen LogP contribution is 2.48. The summed E-state index contributed by atoms with van der Waals surface area (Å²) in [6, 6.07) is 17.0. The van der Waals surface area contributed by atoms with Crippen LogP contribution in [0.15, 0.2) is 62.8 Å². The highest BCUT2D eigenvalue weighted by Gasteiger charge is 2.41. The summed E-state index contributed by atoms with van der Waals surface area (Å²) in [5, 5.41) is 9.18. The SMILES string of the molecule is Brc1ccc([C@H]2Oc3ccccc3[C@H]3CC(c4cccs4)=NN32)s1. The predicted octanol–water partition coefficient (Wildman–Crippen LogP) is 5.81. The molecule has 0 radical (unpaired) electrons. The van der Waals surface area contributed by atoms with Crippen molar-refractivity contribution in [2.45, 2.75) is 18.7 Å². The average molecular weight is 417 g/mol. The van der Waals surface area contributed by atoms with E-state index in [2.05, 4.69) is 68.8 Å². The molecule has 0 amide bonds. The van der Waals surface area contributed by atoms with Crippen LogP contribution in [0.5, 0.6) is 5.75 Å². The van der Waals surface area contributed by atoms with E-state index in [1.54, 1.807) is 22.7 Å². The van der Waals surface area contributed by atoms with Crippen molar-refractivity contribution in [2.75, 3.05) is 0 Å². The standard InChI is InChI=1S/C18H13BrN2OS2/c19-17-8-7-16(24-17)18-21-13(11-4-1-2-5-14(11)22-18)10-12(20-21)15-6-3-9-23-15/h1-9,13,18H,10H2/t13-,18-/m1/s1. The predicted molar refractivity (Wildman–Crippen MR) is 102 cm³/mol. The molecule has 0 unspecified atom stereocenters. The van der Waals surface area contributed by atoms with E-state index in [0.29, 0.717) is 0 Å². The van der Waals surface area contributed by atoms with Crippen molar-refractivity contribution >= 4 is 44.3 Å². The summed E-state index contributed by atoms with van der Waals surface area (Å²) >= 11 is 7.00. The van der Waals surface area contributed by atoms with Crippen LogP contribution in [0.2, 0.25) is 0 Å². The highest BCUT2D eigenvalue weighted by atomic mass is 79.9. The van der Waals surface area contributed by atoms with E-state index in [-0.39, 0.29) is 12.3 Å². The van der Waals surface area contributed by atoms with E-state index in [9.17, 15) is 0 Å². The molecule has 6 heteroatoms. The topological polar surface area (TPSA) is 24.8 Å². The Bertz CT molecular complexity index is 919. The van der Waals surface area contributed by atoms with E-state index in [1.807, 2.05) is 6.07 Å². The number of fused-ring (bicyclic) bond motifs is 3. The van der Waals surface area contributed by atoms with Gasteiger partial charge >= 0.3 is 0 Å². The zero-order chi connectivity index (χ0) is 16.1. The molecule has 0 fully saturated rings. The van der Waals surface area contributed by atoms with Gasteiger partial charge in [0.25, 0.3) is 0 Å². The maximum absolute atomic E-state index is 6.32.